The lowest BCUT2D eigenvalue weighted by atomic mass is 9.88. The molecule has 0 radical (unpaired) electrons. The molecule has 0 N–H and O–H groups in total. The van der Waals surface area contributed by atoms with Gasteiger partial charge in [-0.1, -0.05) is 26.0 Å². The Labute approximate surface area is 108 Å². The van der Waals surface area contributed by atoms with E-state index in [-0.39, 0.29) is 5.91 Å². The van der Waals surface area contributed by atoms with Crippen molar-refractivity contribution in [2.75, 3.05) is 13.1 Å². The molecular weight excluding hydrogens is 230 g/mol. The van der Waals surface area contributed by atoms with Crippen LogP contribution in [-0.4, -0.2) is 23.9 Å². The summed E-state index contributed by atoms with van der Waals surface area (Å²) < 4.78 is 0. The molecule has 0 spiro atoms. The monoisotopic (exact) mass is 249 g/mol. The lowest BCUT2D eigenvalue weighted by Gasteiger charge is -2.35. The number of carbonyl (C=O) groups is 1. The molecule has 1 aromatic rings. The molecule has 2 atom stereocenters. The Morgan fingerprint density at radius 2 is 2.00 bits per heavy atom. The Hall–Kier alpha value is -0.960. The van der Waals surface area contributed by atoms with Crippen LogP contribution in [0, 0.1) is 11.8 Å². The number of piperidine rings is 1. The molecule has 2 rings (SSSR count). The molecule has 2 nitrogen and oxygen atoms in total. The molecule has 17 heavy (non-hydrogen) atoms. The van der Waals surface area contributed by atoms with Crippen molar-refractivity contribution in [1.29, 1.82) is 0 Å². The number of nitrogens with zero attached hydrogens (tertiary/aromatic N) is 1. The third-order valence-corrected chi connectivity index (χ3v) is 4.15. The van der Waals surface area contributed by atoms with Crippen LogP contribution in [0.15, 0.2) is 29.2 Å². The van der Waals surface area contributed by atoms with Gasteiger partial charge in [0.1, 0.15) is 0 Å². The minimum Gasteiger partial charge on any atom is -0.338 e. The highest BCUT2D eigenvalue weighted by atomic mass is 32.1. The number of likely N-dealkylation sites (tertiary alicyclic amines) is 1. The van der Waals surface area contributed by atoms with E-state index in [0.29, 0.717) is 11.8 Å². The fourth-order valence-corrected chi connectivity index (χ4v) is 2.53. The molecule has 0 bridgehead atoms. The SMILES string of the molecule is CC1CCN(C(=O)c2ccccc2S)CC1C. The van der Waals surface area contributed by atoms with E-state index in [9.17, 15) is 4.79 Å². The van der Waals surface area contributed by atoms with Crippen LogP contribution in [0.3, 0.4) is 0 Å². The van der Waals surface area contributed by atoms with Crippen LogP contribution < -0.4 is 0 Å². The second-order valence-electron chi connectivity index (χ2n) is 5.01. The molecule has 3 heteroatoms. The summed E-state index contributed by atoms with van der Waals surface area (Å²) in [4.78, 5) is 15.1. The van der Waals surface area contributed by atoms with Crippen molar-refractivity contribution in [2.45, 2.75) is 25.2 Å². The van der Waals surface area contributed by atoms with Gasteiger partial charge >= 0.3 is 0 Å². The lowest BCUT2D eigenvalue weighted by molar-refractivity contribution is 0.0624. The first-order valence-corrected chi connectivity index (χ1v) is 6.61. The Balaban J connectivity index is 2.14. The number of amides is 1. The Morgan fingerprint density at radius 3 is 2.65 bits per heavy atom. The predicted octanol–water partition coefficient (Wildman–Crippen LogP) is 3.09. The molecule has 2 unspecified atom stereocenters. The maximum Gasteiger partial charge on any atom is 0.254 e. The minimum absolute atomic E-state index is 0.120. The first-order valence-electron chi connectivity index (χ1n) is 6.17. The molecule has 1 aliphatic heterocycles. The number of hydrogen-bond donors (Lipinski definition) is 1. The third-order valence-electron chi connectivity index (χ3n) is 3.76. The molecule has 1 saturated heterocycles. The quantitative estimate of drug-likeness (QED) is 0.758. The van der Waals surface area contributed by atoms with Crippen molar-refractivity contribution in [3.05, 3.63) is 29.8 Å². The van der Waals surface area contributed by atoms with Gasteiger partial charge in [-0.3, -0.25) is 4.79 Å². The number of rotatable bonds is 1. The molecular formula is C14H19NOS. The van der Waals surface area contributed by atoms with E-state index in [0.717, 1.165) is 30.0 Å². The molecule has 1 aromatic carbocycles. The van der Waals surface area contributed by atoms with Crippen molar-refractivity contribution in [2.24, 2.45) is 11.8 Å². The molecule has 0 aliphatic carbocycles. The first kappa shape index (κ1) is 12.5. The van der Waals surface area contributed by atoms with Gasteiger partial charge in [0, 0.05) is 18.0 Å². The van der Waals surface area contributed by atoms with Crippen LogP contribution in [-0.2, 0) is 0 Å². The van der Waals surface area contributed by atoms with Gasteiger partial charge < -0.3 is 4.90 Å². The van der Waals surface area contributed by atoms with Crippen LogP contribution in [0.1, 0.15) is 30.6 Å². The normalized spacial score (nSPS) is 24.8. The second-order valence-corrected chi connectivity index (χ2v) is 5.49. The highest BCUT2D eigenvalue weighted by Gasteiger charge is 2.26. The largest absolute Gasteiger partial charge is 0.338 e. The van der Waals surface area contributed by atoms with Gasteiger partial charge in [-0.2, -0.15) is 0 Å². The van der Waals surface area contributed by atoms with Crippen LogP contribution >= 0.6 is 12.6 Å². The van der Waals surface area contributed by atoms with Crippen LogP contribution in [0.4, 0.5) is 0 Å². The Morgan fingerprint density at radius 1 is 1.29 bits per heavy atom. The average Bonchev–Trinajstić information content (AvgIpc) is 2.32. The van der Waals surface area contributed by atoms with Crippen LogP contribution in [0.2, 0.25) is 0 Å². The van der Waals surface area contributed by atoms with Crippen molar-refractivity contribution in [3.8, 4) is 0 Å². The minimum atomic E-state index is 0.120. The summed E-state index contributed by atoms with van der Waals surface area (Å²) in [7, 11) is 0. The van der Waals surface area contributed by atoms with E-state index in [1.54, 1.807) is 0 Å². The van der Waals surface area contributed by atoms with E-state index in [2.05, 4.69) is 26.5 Å². The number of carbonyl (C=O) groups excluding carboxylic acids is 1. The maximum atomic E-state index is 12.3. The summed E-state index contributed by atoms with van der Waals surface area (Å²) in [6, 6.07) is 7.52. The smallest absolute Gasteiger partial charge is 0.254 e. The molecule has 1 heterocycles. The molecule has 0 saturated carbocycles. The van der Waals surface area contributed by atoms with Gasteiger partial charge in [-0.05, 0) is 30.4 Å². The first-order chi connectivity index (χ1) is 8.09. The van der Waals surface area contributed by atoms with Gasteiger partial charge in [0.15, 0.2) is 0 Å². The fourth-order valence-electron chi connectivity index (χ4n) is 2.27. The zero-order valence-electron chi connectivity index (χ0n) is 10.4. The molecule has 1 amide bonds. The van der Waals surface area contributed by atoms with E-state index >= 15 is 0 Å². The lowest BCUT2D eigenvalue weighted by Crippen LogP contribution is -2.42. The van der Waals surface area contributed by atoms with Crippen molar-refractivity contribution in [1.82, 2.24) is 4.90 Å². The van der Waals surface area contributed by atoms with Crippen molar-refractivity contribution >= 4 is 18.5 Å². The van der Waals surface area contributed by atoms with E-state index < -0.39 is 0 Å². The zero-order chi connectivity index (χ0) is 12.4. The predicted molar refractivity (Wildman–Crippen MR) is 72.5 cm³/mol. The summed E-state index contributed by atoms with van der Waals surface area (Å²) in [6.07, 6.45) is 1.10. The highest BCUT2D eigenvalue weighted by molar-refractivity contribution is 7.80. The highest BCUT2D eigenvalue weighted by Crippen LogP contribution is 2.25. The van der Waals surface area contributed by atoms with Gasteiger partial charge in [-0.15, -0.1) is 12.6 Å². The summed E-state index contributed by atoms with van der Waals surface area (Å²) in [5.74, 6) is 1.42. The van der Waals surface area contributed by atoms with Gasteiger partial charge in [0.05, 0.1) is 5.56 Å². The summed E-state index contributed by atoms with van der Waals surface area (Å²) in [5, 5.41) is 0. The zero-order valence-corrected chi connectivity index (χ0v) is 11.3. The topological polar surface area (TPSA) is 20.3 Å². The standard InChI is InChI=1S/C14H19NOS/c1-10-7-8-15(9-11(10)2)14(16)12-5-3-4-6-13(12)17/h3-6,10-11,17H,7-9H2,1-2H3. The number of thiol groups is 1. The number of benzene rings is 1. The molecule has 92 valence electrons. The molecule has 0 aromatic heterocycles. The van der Waals surface area contributed by atoms with Gasteiger partial charge in [0.25, 0.3) is 5.91 Å². The summed E-state index contributed by atoms with van der Waals surface area (Å²) >= 11 is 4.35. The van der Waals surface area contributed by atoms with Crippen molar-refractivity contribution in [3.63, 3.8) is 0 Å². The van der Waals surface area contributed by atoms with Crippen LogP contribution in [0.5, 0.6) is 0 Å². The summed E-state index contributed by atoms with van der Waals surface area (Å²) in [6.45, 7) is 6.21. The van der Waals surface area contributed by atoms with Crippen LogP contribution in [0.25, 0.3) is 0 Å². The number of hydrogen-bond acceptors (Lipinski definition) is 2. The van der Waals surface area contributed by atoms with E-state index in [1.807, 2.05) is 29.2 Å². The maximum absolute atomic E-state index is 12.3. The Bertz CT molecular complexity index is 418. The average molecular weight is 249 g/mol. The van der Waals surface area contributed by atoms with Gasteiger partial charge in [-0.25, -0.2) is 0 Å². The van der Waals surface area contributed by atoms with E-state index in [1.165, 1.54) is 0 Å². The molecule has 1 fully saturated rings. The van der Waals surface area contributed by atoms with Gasteiger partial charge in [0.2, 0.25) is 0 Å². The molecule has 1 aliphatic rings. The van der Waals surface area contributed by atoms with Crippen molar-refractivity contribution < 1.29 is 4.79 Å². The Kier molecular flexibility index (Phi) is 3.77. The fraction of sp³-hybridized carbons (Fsp3) is 0.500. The second kappa shape index (κ2) is 5.13. The van der Waals surface area contributed by atoms with E-state index in [4.69, 9.17) is 0 Å². The summed E-state index contributed by atoms with van der Waals surface area (Å²) in [5.41, 5.74) is 0.720. The third kappa shape index (κ3) is 2.65.